The van der Waals surface area contributed by atoms with Gasteiger partial charge < -0.3 is 10.0 Å². The molecule has 0 atom stereocenters. The number of aromatic nitrogens is 1. The number of thioether (sulfide) groups is 1. The Morgan fingerprint density at radius 3 is 2.48 bits per heavy atom. The van der Waals surface area contributed by atoms with Crippen molar-refractivity contribution in [1.29, 1.82) is 5.26 Å². The highest BCUT2D eigenvalue weighted by molar-refractivity contribution is 7.98. The van der Waals surface area contributed by atoms with Crippen LogP contribution in [0.3, 0.4) is 0 Å². The first-order chi connectivity index (χ1) is 15.1. The third kappa shape index (κ3) is 4.23. The Hall–Kier alpha value is -3.82. The van der Waals surface area contributed by atoms with Crippen molar-refractivity contribution in [3.63, 3.8) is 0 Å². The SMILES string of the molecule is CN(c1cnccc1SCc1ccc(C(=O)O)cc1)c1ccc(C#N)c2ccccc12. The molecule has 4 rings (SSSR count). The zero-order chi connectivity index (χ0) is 21.8. The molecule has 3 aromatic carbocycles. The first-order valence-corrected chi connectivity index (χ1v) is 10.6. The van der Waals surface area contributed by atoms with Gasteiger partial charge in [-0.25, -0.2) is 4.79 Å². The van der Waals surface area contributed by atoms with Crippen LogP contribution in [0.25, 0.3) is 10.8 Å². The third-order valence-electron chi connectivity index (χ3n) is 5.10. The molecule has 0 aliphatic heterocycles. The van der Waals surface area contributed by atoms with Crippen LogP contribution in [0.5, 0.6) is 0 Å². The van der Waals surface area contributed by atoms with Gasteiger partial charge in [0.25, 0.3) is 0 Å². The van der Waals surface area contributed by atoms with E-state index in [1.165, 1.54) is 0 Å². The molecule has 0 aliphatic rings. The summed E-state index contributed by atoms with van der Waals surface area (Å²) in [6.07, 6.45) is 3.60. The van der Waals surface area contributed by atoms with E-state index in [2.05, 4.69) is 16.0 Å². The molecule has 1 N–H and O–H groups in total. The lowest BCUT2D eigenvalue weighted by Crippen LogP contribution is -2.11. The van der Waals surface area contributed by atoms with E-state index >= 15 is 0 Å². The lowest BCUT2D eigenvalue weighted by atomic mass is 10.0. The Morgan fingerprint density at radius 2 is 1.77 bits per heavy atom. The number of nitrogens with zero attached hydrogens (tertiary/aromatic N) is 3. The normalized spacial score (nSPS) is 10.6. The van der Waals surface area contributed by atoms with E-state index in [-0.39, 0.29) is 5.56 Å². The van der Waals surface area contributed by atoms with E-state index in [1.807, 2.05) is 67.8 Å². The van der Waals surface area contributed by atoms with Gasteiger partial charge >= 0.3 is 5.97 Å². The van der Waals surface area contributed by atoms with E-state index in [9.17, 15) is 10.1 Å². The van der Waals surface area contributed by atoms with Gasteiger partial charge in [0.05, 0.1) is 29.1 Å². The maximum Gasteiger partial charge on any atom is 0.335 e. The second-order valence-electron chi connectivity index (χ2n) is 6.98. The number of hydrogen-bond acceptors (Lipinski definition) is 5. The Bertz CT molecular complexity index is 1300. The first kappa shape index (κ1) is 20.5. The maximum absolute atomic E-state index is 11.0. The molecule has 4 aromatic rings. The van der Waals surface area contributed by atoms with Crippen molar-refractivity contribution in [2.45, 2.75) is 10.6 Å². The van der Waals surface area contributed by atoms with Crippen molar-refractivity contribution in [3.8, 4) is 6.07 Å². The summed E-state index contributed by atoms with van der Waals surface area (Å²) in [5.41, 5.74) is 3.94. The van der Waals surface area contributed by atoms with Crippen LogP contribution in [0.1, 0.15) is 21.5 Å². The van der Waals surface area contributed by atoms with Crippen molar-refractivity contribution in [2.75, 3.05) is 11.9 Å². The van der Waals surface area contributed by atoms with Crippen LogP contribution in [-0.2, 0) is 5.75 Å². The highest BCUT2D eigenvalue weighted by Gasteiger charge is 2.14. The van der Waals surface area contributed by atoms with Crippen LogP contribution in [0, 0.1) is 11.3 Å². The number of hydrogen-bond donors (Lipinski definition) is 1. The molecule has 6 heteroatoms. The highest BCUT2D eigenvalue weighted by Crippen LogP contribution is 2.38. The Kier molecular flexibility index (Phi) is 5.87. The minimum absolute atomic E-state index is 0.283. The second kappa shape index (κ2) is 8.90. The summed E-state index contributed by atoms with van der Waals surface area (Å²) in [4.78, 5) is 18.5. The molecular weight excluding hydrogens is 406 g/mol. The molecule has 0 fully saturated rings. The van der Waals surface area contributed by atoms with Crippen LogP contribution in [0.2, 0.25) is 0 Å². The van der Waals surface area contributed by atoms with Gasteiger partial charge in [-0.2, -0.15) is 5.26 Å². The molecule has 0 saturated heterocycles. The Balaban J connectivity index is 1.64. The summed E-state index contributed by atoms with van der Waals surface area (Å²) in [7, 11) is 2.00. The second-order valence-corrected chi connectivity index (χ2v) is 8.00. The topological polar surface area (TPSA) is 77.2 Å². The molecule has 1 aromatic heterocycles. The largest absolute Gasteiger partial charge is 0.478 e. The Morgan fingerprint density at radius 1 is 1.03 bits per heavy atom. The summed E-state index contributed by atoms with van der Waals surface area (Å²) in [6.45, 7) is 0. The van der Waals surface area contributed by atoms with Gasteiger partial charge in [-0.05, 0) is 35.9 Å². The molecule has 0 unspecified atom stereocenters. The Labute approximate surface area is 184 Å². The zero-order valence-electron chi connectivity index (χ0n) is 16.8. The number of aromatic carboxylic acids is 1. The zero-order valence-corrected chi connectivity index (χ0v) is 17.6. The lowest BCUT2D eigenvalue weighted by molar-refractivity contribution is 0.0697. The first-order valence-electron chi connectivity index (χ1n) is 9.63. The number of pyridine rings is 1. The molecule has 0 amide bonds. The average Bonchev–Trinajstić information content (AvgIpc) is 2.82. The average molecular weight is 426 g/mol. The number of fused-ring (bicyclic) bond motifs is 1. The predicted octanol–water partition coefficient (Wildman–Crippen LogP) is 5.86. The van der Waals surface area contributed by atoms with E-state index in [1.54, 1.807) is 30.1 Å². The maximum atomic E-state index is 11.0. The fraction of sp³-hybridized carbons (Fsp3) is 0.0800. The fourth-order valence-corrected chi connectivity index (χ4v) is 4.46. The predicted molar refractivity (Wildman–Crippen MR) is 124 cm³/mol. The number of nitriles is 1. The van der Waals surface area contributed by atoms with E-state index in [4.69, 9.17) is 5.11 Å². The quantitative estimate of drug-likeness (QED) is 0.390. The molecule has 0 saturated carbocycles. The molecule has 152 valence electrons. The third-order valence-corrected chi connectivity index (χ3v) is 6.23. The molecular formula is C25H19N3O2S. The van der Waals surface area contributed by atoms with Gasteiger partial charge in [0.2, 0.25) is 0 Å². The number of carboxylic acid groups (broad SMARTS) is 1. The van der Waals surface area contributed by atoms with Gasteiger partial charge in [-0.1, -0.05) is 36.4 Å². The van der Waals surface area contributed by atoms with Crippen LogP contribution < -0.4 is 4.90 Å². The number of anilines is 2. The van der Waals surface area contributed by atoms with E-state index < -0.39 is 5.97 Å². The highest BCUT2D eigenvalue weighted by atomic mass is 32.2. The van der Waals surface area contributed by atoms with Crippen molar-refractivity contribution in [1.82, 2.24) is 4.98 Å². The summed E-state index contributed by atoms with van der Waals surface area (Å²) in [6, 6.07) is 22.9. The number of carboxylic acids is 1. The van der Waals surface area contributed by atoms with Crippen LogP contribution in [0.4, 0.5) is 11.4 Å². The summed E-state index contributed by atoms with van der Waals surface area (Å²) in [5, 5.41) is 20.4. The van der Waals surface area contributed by atoms with Crippen molar-refractivity contribution >= 4 is 39.9 Å². The molecule has 5 nitrogen and oxygen atoms in total. The standard InChI is InChI=1S/C25H19N3O2S/c1-28(22-11-10-19(14-26)20-4-2-3-5-21(20)22)23-15-27-13-12-24(23)31-16-17-6-8-18(9-7-17)25(29)30/h2-13,15H,16H2,1H3,(H,29,30). The summed E-state index contributed by atoms with van der Waals surface area (Å²) >= 11 is 1.67. The number of rotatable bonds is 6. The lowest BCUT2D eigenvalue weighted by Gasteiger charge is -2.24. The molecule has 0 bridgehead atoms. The monoisotopic (exact) mass is 425 g/mol. The fourth-order valence-electron chi connectivity index (χ4n) is 3.45. The smallest absolute Gasteiger partial charge is 0.335 e. The van der Waals surface area contributed by atoms with Gasteiger partial charge in [0, 0.05) is 40.4 Å². The van der Waals surface area contributed by atoms with Crippen molar-refractivity contribution in [3.05, 3.63) is 95.8 Å². The summed E-state index contributed by atoms with van der Waals surface area (Å²) in [5.74, 6) is -0.217. The molecule has 1 heterocycles. The van der Waals surface area contributed by atoms with E-state index in [0.717, 1.165) is 32.6 Å². The van der Waals surface area contributed by atoms with Crippen molar-refractivity contribution in [2.24, 2.45) is 0 Å². The van der Waals surface area contributed by atoms with Crippen LogP contribution >= 0.6 is 11.8 Å². The van der Waals surface area contributed by atoms with Gasteiger partial charge in [0.1, 0.15) is 0 Å². The molecule has 31 heavy (non-hydrogen) atoms. The minimum atomic E-state index is -0.924. The molecule has 0 aliphatic carbocycles. The van der Waals surface area contributed by atoms with Gasteiger partial charge in [0.15, 0.2) is 0 Å². The number of carbonyl (C=O) groups is 1. The number of benzene rings is 3. The van der Waals surface area contributed by atoms with Gasteiger partial charge in [-0.3, -0.25) is 4.98 Å². The summed E-state index contributed by atoms with van der Waals surface area (Å²) < 4.78 is 0. The van der Waals surface area contributed by atoms with Crippen LogP contribution in [-0.4, -0.2) is 23.1 Å². The van der Waals surface area contributed by atoms with Gasteiger partial charge in [-0.15, -0.1) is 11.8 Å². The van der Waals surface area contributed by atoms with E-state index in [0.29, 0.717) is 11.3 Å². The van der Waals surface area contributed by atoms with Crippen LogP contribution in [0.15, 0.2) is 84.0 Å². The van der Waals surface area contributed by atoms with Crippen molar-refractivity contribution < 1.29 is 9.90 Å². The molecule has 0 radical (unpaired) electrons. The molecule has 0 spiro atoms. The minimum Gasteiger partial charge on any atom is -0.478 e.